The Morgan fingerprint density at radius 2 is 1.85 bits per heavy atom. The normalized spacial score (nSPS) is 30.0. The van der Waals surface area contributed by atoms with Gasteiger partial charge < -0.3 is 10.2 Å². The molecule has 3 atom stereocenters. The molecule has 4 rings (SSSR count). The molecule has 1 amide bonds. The van der Waals surface area contributed by atoms with Crippen LogP contribution in [-0.2, 0) is 11.3 Å². The zero-order chi connectivity index (χ0) is 17.9. The van der Waals surface area contributed by atoms with Crippen molar-refractivity contribution in [2.24, 2.45) is 5.92 Å². The minimum Gasteiger partial charge on any atom is -0.340 e. The van der Waals surface area contributed by atoms with Crippen molar-refractivity contribution in [1.82, 2.24) is 15.1 Å². The average Bonchev–Trinajstić information content (AvgIpc) is 2.96. The molecule has 1 N–H and O–H groups in total. The van der Waals surface area contributed by atoms with Gasteiger partial charge in [-0.25, -0.2) is 4.39 Å². The molecule has 1 aliphatic carbocycles. The molecule has 3 aliphatic rings. The number of fused-ring (bicyclic) bond motifs is 1. The molecule has 3 fully saturated rings. The van der Waals surface area contributed by atoms with Crippen LogP contribution in [0.4, 0.5) is 4.39 Å². The van der Waals surface area contributed by atoms with Crippen molar-refractivity contribution in [2.45, 2.75) is 57.2 Å². The number of nitrogens with zero attached hydrogens (tertiary/aromatic N) is 2. The standard InChI is InChI=1S/C21H30FN3O/c22-18-8-6-16(7-9-18)15-24-10-3-11-25(13-12-24)21(26)20-14-17-4-1-2-5-19(17)23-20/h6-9,17,19-20,23H,1-5,10-15H2. The largest absolute Gasteiger partial charge is 0.340 e. The first-order valence-electron chi connectivity index (χ1n) is 10.2. The van der Waals surface area contributed by atoms with Gasteiger partial charge in [0.25, 0.3) is 0 Å². The van der Waals surface area contributed by atoms with Crippen LogP contribution in [0, 0.1) is 11.7 Å². The Bertz CT molecular complexity index is 606. The summed E-state index contributed by atoms with van der Waals surface area (Å²) in [5, 5.41) is 3.63. The van der Waals surface area contributed by atoms with E-state index in [9.17, 15) is 9.18 Å². The van der Waals surface area contributed by atoms with Gasteiger partial charge in [-0.15, -0.1) is 0 Å². The highest BCUT2D eigenvalue weighted by Crippen LogP contribution is 2.33. The van der Waals surface area contributed by atoms with Crippen molar-refractivity contribution in [3.05, 3.63) is 35.6 Å². The molecule has 0 bridgehead atoms. The van der Waals surface area contributed by atoms with E-state index in [2.05, 4.69) is 15.1 Å². The molecule has 2 heterocycles. The Labute approximate surface area is 155 Å². The SMILES string of the molecule is O=C(C1CC2CCCCC2N1)N1CCCN(Cc2ccc(F)cc2)CC1. The summed E-state index contributed by atoms with van der Waals surface area (Å²) in [5.41, 5.74) is 1.13. The van der Waals surface area contributed by atoms with E-state index in [1.54, 1.807) is 0 Å². The second kappa shape index (κ2) is 8.05. The monoisotopic (exact) mass is 359 g/mol. The maximum Gasteiger partial charge on any atom is 0.239 e. The van der Waals surface area contributed by atoms with Crippen molar-refractivity contribution in [1.29, 1.82) is 0 Å². The summed E-state index contributed by atoms with van der Waals surface area (Å²) in [6.07, 6.45) is 7.18. The fraction of sp³-hybridized carbons (Fsp3) is 0.667. The smallest absolute Gasteiger partial charge is 0.239 e. The minimum atomic E-state index is -0.189. The van der Waals surface area contributed by atoms with E-state index in [1.807, 2.05) is 12.1 Å². The highest BCUT2D eigenvalue weighted by Gasteiger charge is 2.39. The lowest BCUT2D eigenvalue weighted by Gasteiger charge is -2.25. The van der Waals surface area contributed by atoms with E-state index in [1.165, 1.54) is 37.8 Å². The lowest BCUT2D eigenvalue weighted by atomic mass is 9.85. The molecule has 1 saturated carbocycles. The van der Waals surface area contributed by atoms with Gasteiger partial charge >= 0.3 is 0 Å². The number of amides is 1. The molecule has 1 aromatic rings. The first kappa shape index (κ1) is 17.9. The summed E-state index contributed by atoms with van der Waals surface area (Å²) < 4.78 is 13.1. The maximum absolute atomic E-state index is 13.1. The van der Waals surface area contributed by atoms with Crippen LogP contribution in [0.25, 0.3) is 0 Å². The van der Waals surface area contributed by atoms with E-state index in [0.717, 1.165) is 51.1 Å². The van der Waals surface area contributed by atoms with Crippen molar-refractivity contribution >= 4 is 5.91 Å². The third-order valence-corrected chi connectivity index (χ3v) is 6.38. The molecule has 3 unspecified atom stereocenters. The first-order valence-corrected chi connectivity index (χ1v) is 10.2. The van der Waals surface area contributed by atoms with Gasteiger partial charge in [0.1, 0.15) is 5.82 Å². The Morgan fingerprint density at radius 3 is 2.65 bits per heavy atom. The zero-order valence-electron chi connectivity index (χ0n) is 15.5. The van der Waals surface area contributed by atoms with E-state index in [0.29, 0.717) is 17.9 Å². The van der Waals surface area contributed by atoms with Crippen molar-refractivity contribution in [3.8, 4) is 0 Å². The molecule has 0 spiro atoms. The number of benzene rings is 1. The molecule has 1 aromatic carbocycles. The van der Waals surface area contributed by atoms with Crippen molar-refractivity contribution in [2.75, 3.05) is 26.2 Å². The number of rotatable bonds is 3. The molecule has 2 aliphatic heterocycles. The van der Waals surface area contributed by atoms with Crippen LogP contribution in [0.1, 0.15) is 44.1 Å². The third kappa shape index (κ3) is 4.09. The van der Waals surface area contributed by atoms with Gasteiger partial charge in [0.05, 0.1) is 6.04 Å². The molecular weight excluding hydrogens is 329 g/mol. The maximum atomic E-state index is 13.1. The Kier molecular flexibility index (Phi) is 5.55. The first-order chi connectivity index (χ1) is 12.7. The molecule has 2 saturated heterocycles. The number of hydrogen-bond acceptors (Lipinski definition) is 3. The summed E-state index contributed by atoms with van der Waals surface area (Å²) >= 11 is 0. The van der Waals surface area contributed by atoms with Gasteiger partial charge in [-0.2, -0.15) is 0 Å². The van der Waals surface area contributed by atoms with Gasteiger partial charge in [-0.05, 0) is 49.3 Å². The van der Waals surface area contributed by atoms with Crippen LogP contribution in [0.15, 0.2) is 24.3 Å². The molecule has 26 heavy (non-hydrogen) atoms. The van der Waals surface area contributed by atoms with Crippen LogP contribution >= 0.6 is 0 Å². The topological polar surface area (TPSA) is 35.6 Å². The highest BCUT2D eigenvalue weighted by atomic mass is 19.1. The molecule has 0 radical (unpaired) electrons. The van der Waals surface area contributed by atoms with Gasteiger partial charge in [0, 0.05) is 38.8 Å². The second-order valence-electron chi connectivity index (χ2n) is 8.19. The van der Waals surface area contributed by atoms with Crippen molar-refractivity contribution < 1.29 is 9.18 Å². The summed E-state index contributed by atoms with van der Waals surface area (Å²) in [6.45, 7) is 4.36. The predicted octanol–water partition coefficient (Wildman–Crippen LogP) is 2.78. The fourth-order valence-electron chi connectivity index (χ4n) is 4.93. The van der Waals surface area contributed by atoms with E-state index in [4.69, 9.17) is 0 Å². The van der Waals surface area contributed by atoms with Crippen LogP contribution in [0.5, 0.6) is 0 Å². The predicted molar refractivity (Wildman–Crippen MR) is 100 cm³/mol. The number of carbonyl (C=O) groups is 1. The second-order valence-corrected chi connectivity index (χ2v) is 8.19. The zero-order valence-corrected chi connectivity index (χ0v) is 15.5. The molecule has 0 aromatic heterocycles. The van der Waals surface area contributed by atoms with Crippen molar-refractivity contribution in [3.63, 3.8) is 0 Å². The quantitative estimate of drug-likeness (QED) is 0.901. The van der Waals surface area contributed by atoms with Gasteiger partial charge in [-0.3, -0.25) is 9.69 Å². The minimum absolute atomic E-state index is 0.0340. The van der Waals surface area contributed by atoms with Crippen LogP contribution in [0.2, 0.25) is 0 Å². The summed E-state index contributed by atoms with van der Waals surface area (Å²) in [5.74, 6) is 0.828. The van der Waals surface area contributed by atoms with Crippen LogP contribution in [-0.4, -0.2) is 54.0 Å². The third-order valence-electron chi connectivity index (χ3n) is 6.38. The van der Waals surface area contributed by atoms with E-state index < -0.39 is 0 Å². The Hall–Kier alpha value is -1.46. The van der Waals surface area contributed by atoms with E-state index in [-0.39, 0.29) is 11.9 Å². The van der Waals surface area contributed by atoms with Gasteiger partial charge in [0.2, 0.25) is 5.91 Å². The lowest BCUT2D eigenvalue weighted by Crippen LogP contribution is -2.46. The molecule has 5 heteroatoms. The van der Waals surface area contributed by atoms with Crippen LogP contribution < -0.4 is 5.32 Å². The van der Waals surface area contributed by atoms with E-state index >= 15 is 0 Å². The van der Waals surface area contributed by atoms with Gasteiger partial charge in [0.15, 0.2) is 0 Å². The average molecular weight is 359 g/mol. The van der Waals surface area contributed by atoms with Gasteiger partial charge in [-0.1, -0.05) is 25.0 Å². The fourth-order valence-corrected chi connectivity index (χ4v) is 4.93. The molecular formula is C21H30FN3O. The van der Waals surface area contributed by atoms with Crippen LogP contribution in [0.3, 0.4) is 0 Å². The molecule has 142 valence electrons. The Morgan fingerprint density at radius 1 is 1.04 bits per heavy atom. The number of carbonyl (C=O) groups excluding carboxylic acids is 1. The Balaban J connectivity index is 1.30. The number of halogens is 1. The number of nitrogens with one attached hydrogen (secondary N) is 1. The lowest BCUT2D eigenvalue weighted by molar-refractivity contribution is -0.133. The molecule has 4 nitrogen and oxygen atoms in total. The highest BCUT2D eigenvalue weighted by molar-refractivity contribution is 5.82. The number of hydrogen-bond donors (Lipinski definition) is 1. The summed E-state index contributed by atoms with van der Waals surface area (Å²) in [7, 11) is 0. The summed E-state index contributed by atoms with van der Waals surface area (Å²) in [4.78, 5) is 17.4. The summed E-state index contributed by atoms with van der Waals surface area (Å²) in [6, 6.07) is 7.36.